The van der Waals surface area contributed by atoms with Crippen molar-refractivity contribution in [1.82, 2.24) is 8.96 Å². The maximum absolute atomic E-state index is 13.7. The summed E-state index contributed by atoms with van der Waals surface area (Å²) in [6.07, 6.45) is 1.07. The summed E-state index contributed by atoms with van der Waals surface area (Å²) in [5.74, 6) is -1.83. The number of benzene rings is 2. The lowest BCUT2D eigenvalue weighted by molar-refractivity contribution is 0.549. The van der Waals surface area contributed by atoms with Crippen LogP contribution < -0.4 is 0 Å². The second kappa shape index (κ2) is 4.38. The molecule has 2 aromatic carbocycles. The first-order chi connectivity index (χ1) is 9.50. The Hall–Kier alpha value is -2.28. The molecule has 0 atom stereocenters. The quantitative estimate of drug-likeness (QED) is 0.730. The minimum atomic E-state index is -4.24. The topological polar surface area (TPSA) is 52.0 Å². The molecule has 0 N–H and O–H groups in total. The van der Waals surface area contributed by atoms with Gasteiger partial charge in [-0.2, -0.15) is 0 Å². The lowest BCUT2D eigenvalue weighted by Gasteiger charge is -2.07. The highest BCUT2D eigenvalue weighted by atomic mass is 32.2. The molecule has 3 rings (SSSR count). The fourth-order valence-electron chi connectivity index (χ4n) is 1.91. The summed E-state index contributed by atoms with van der Waals surface area (Å²) >= 11 is 0. The van der Waals surface area contributed by atoms with Gasteiger partial charge in [-0.25, -0.2) is 26.2 Å². The highest BCUT2D eigenvalue weighted by molar-refractivity contribution is 7.90. The van der Waals surface area contributed by atoms with Crippen molar-refractivity contribution in [3.8, 4) is 0 Å². The lowest BCUT2D eigenvalue weighted by Crippen LogP contribution is -2.13. The van der Waals surface area contributed by atoms with E-state index in [-0.39, 0.29) is 0 Å². The largest absolute Gasteiger partial charge is 0.272 e. The summed E-state index contributed by atoms with van der Waals surface area (Å²) < 4.78 is 52.5. The van der Waals surface area contributed by atoms with Gasteiger partial charge in [0.25, 0.3) is 10.0 Å². The predicted octanol–water partition coefficient (Wildman–Crippen LogP) is 2.55. The first-order valence-electron chi connectivity index (χ1n) is 5.63. The van der Waals surface area contributed by atoms with Crippen LogP contribution in [-0.2, 0) is 10.0 Å². The van der Waals surface area contributed by atoms with Crippen LogP contribution in [0.3, 0.4) is 0 Å². The number of hydrogen-bond acceptors (Lipinski definition) is 3. The molecule has 0 saturated carbocycles. The number of nitrogens with zero attached hydrogens (tertiary/aromatic N) is 2. The maximum Gasteiger partial charge on any atom is 0.272 e. The van der Waals surface area contributed by atoms with E-state index in [2.05, 4.69) is 4.98 Å². The first-order valence-corrected chi connectivity index (χ1v) is 7.07. The van der Waals surface area contributed by atoms with Gasteiger partial charge in [-0.3, -0.25) is 0 Å². The van der Waals surface area contributed by atoms with Crippen molar-refractivity contribution in [2.24, 2.45) is 0 Å². The van der Waals surface area contributed by atoms with Crippen LogP contribution in [0.4, 0.5) is 8.78 Å². The smallest absolute Gasteiger partial charge is 0.236 e. The molecule has 0 aliphatic heterocycles. The van der Waals surface area contributed by atoms with Gasteiger partial charge in [-0.05, 0) is 30.3 Å². The summed E-state index contributed by atoms with van der Waals surface area (Å²) in [6, 6.07) is 8.80. The molecule has 0 spiro atoms. The molecule has 3 aromatic rings. The Labute approximate surface area is 113 Å². The van der Waals surface area contributed by atoms with Gasteiger partial charge in [0.1, 0.15) is 22.9 Å². The number of halogens is 2. The van der Waals surface area contributed by atoms with Gasteiger partial charge in [0, 0.05) is 0 Å². The van der Waals surface area contributed by atoms with Crippen molar-refractivity contribution in [1.29, 1.82) is 0 Å². The van der Waals surface area contributed by atoms with Gasteiger partial charge in [0.05, 0.1) is 11.0 Å². The highest BCUT2D eigenvalue weighted by Crippen LogP contribution is 2.22. The van der Waals surface area contributed by atoms with Gasteiger partial charge in [-0.1, -0.05) is 12.1 Å². The van der Waals surface area contributed by atoms with E-state index < -0.39 is 26.6 Å². The second-order valence-electron chi connectivity index (χ2n) is 4.11. The van der Waals surface area contributed by atoms with Crippen LogP contribution in [0, 0.1) is 11.6 Å². The number of rotatable bonds is 2. The van der Waals surface area contributed by atoms with E-state index in [4.69, 9.17) is 0 Å². The van der Waals surface area contributed by atoms with Gasteiger partial charge >= 0.3 is 0 Å². The standard InChI is InChI=1S/C13H8F2N2O2S/c14-9-5-6-10(15)13(7-9)20(18,19)17-8-16-11-3-1-2-4-12(11)17/h1-8H. The number of hydrogen-bond donors (Lipinski definition) is 0. The van der Waals surface area contributed by atoms with Crippen LogP contribution >= 0.6 is 0 Å². The Morgan fingerprint density at radius 1 is 1.05 bits per heavy atom. The first kappa shape index (κ1) is 12.7. The fraction of sp³-hybridized carbons (Fsp3) is 0. The van der Waals surface area contributed by atoms with E-state index in [1.54, 1.807) is 18.2 Å². The Morgan fingerprint density at radius 2 is 1.80 bits per heavy atom. The Kier molecular flexibility index (Phi) is 2.79. The normalized spacial score (nSPS) is 11.9. The van der Waals surface area contributed by atoms with Gasteiger partial charge in [0.15, 0.2) is 0 Å². The molecule has 0 amide bonds. The van der Waals surface area contributed by atoms with Crippen LogP contribution in [0.5, 0.6) is 0 Å². The zero-order valence-electron chi connectivity index (χ0n) is 9.99. The number of fused-ring (bicyclic) bond motifs is 1. The molecule has 1 heterocycles. The number of aromatic nitrogens is 2. The van der Waals surface area contributed by atoms with Gasteiger partial charge in [0.2, 0.25) is 0 Å². The van der Waals surface area contributed by atoms with Gasteiger partial charge < -0.3 is 0 Å². The van der Waals surface area contributed by atoms with Crippen LogP contribution in [0.25, 0.3) is 11.0 Å². The minimum absolute atomic E-state index is 0.302. The second-order valence-corrected chi connectivity index (χ2v) is 5.89. The number of imidazole rings is 1. The molecule has 0 aliphatic rings. The third-order valence-electron chi connectivity index (χ3n) is 2.85. The monoisotopic (exact) mass is 294 g/mol. The SMILES string of the molecule is O=S(=O)(c1cc(F)ccc1F)n1cnc2ccccc21. The summed E-state index contributed by atoms with van der Waals surface area (Å²) in [7, 11) is -4.24. The van der Waals surface area contributed by atoms with Crippen molar-refractivity contribution in [2.75, 3.05) is 0 Å². The van der Waals surface area contributed by atoms with E-state index in [9.17, 15) is 17.2 Å². The molecule has 0 aliphatic carbocycles. The van der Waals surface area contributed by atoms with Crippen molar-refractivity contribution in [3.05, 3.63) is 60.4 Å². The van der Waals surface area contributed by atoms with Crippen molar-refractivity contribution in [2.45, 2.75) is 4.90 Å². The van der Waals surface area contributed by atoms with E-state index in [1.165, 1.54) is 6.07 Å². The summed E-state index contributed by atoms with van der Waals surface area (Å²) in [5, 5.41) is 0. The third kappa shape index (κ3) is 1.87. The minimum Gasteiger partial charge on any atom is -0.236 e. The summed E-state index contributed by atoms with van der Waals surface area (Å²) in [4.78, 5) is 3.21. The molecule has 0 fully saturated rings. The molecule has 20 heavy (non-hydrogen) atoms. The van der Waals surface area contributed by atoms with E-state index in [0.717, 1.165) is 22.4 Å². The molecular weight excluding hydrogens is 286 g/mol. The van der Waals surface area contributed by atoms with Crippen molar-refractivity contribution >= 4 is 21.1 Å². The lowest BCUT2D eigenvalue weighted by atomic mass is 10.3. The average Bonchev–Trinajstić information content (AvgIpc) is 2.86. The molecule has 0 unspecified atom stereocenters. The van der Waals surface area contributed by atoms with Gasteiger partial charge in [-0.15, -0.1) is 0 Å². The molecule has 102 valence electrons. The fourth-order valence-corrected chi connectivity index (χ4v) is 3.28. The Balaban J connectivity index is 2.29. The number of para-hydroxylation sites is 2. The van der Waals surface area contributed by atoms with E-state index in [0.29, 0.717) is 17.1 Å². The van der Waals surface area contributed by atoms with Crippen LogP contribution in [0.15, 0.2) is 53.7 Å². The molecular formula is C13H8F2N2O2S. The average molecular weight is 294 g/mol. The van der Waals surface area contributed by atoms with E-state index in [1.807, 2.05) is 0 Å². The molecule has 0 saturated heterocycles. The molecule has 7 heteroatoms. The summed E-state index contributed by atoms with van der Waals surface area (Å²) in [6.45, 7) is 0. The molecule has 0 bridgehead atoms. The van der Waals surface area contributed by atoms with Crippen LogP contribution in [0.2, 0.25) is 0 Å². The van der Waals surface area contributed by atoms with E-state index >= 15 is 0 Å². The van der Waals surface area contributed by atoms with Crippen molar-refractivity contribution in [3.63, 3.8) is 0 Å². The van der Waals surface area contributed by atoms with Crippen LogP contribution in [0.1, 0.15) is 0 Å². The molecule has 0 radical (unpaired) electrons. The Morgan fingerprint density at radius 3 is 2.60 bits per heavy atom. The van der Waals surface area contributed by atoms with Crippen LogP contribution in [-0.4, -0.2) is 17.4 Å². The highest BCUT2D eigenvalue weighted by Gasteiger charge is 2.23. The zero-order chi connectivity index (χ0) is 14.3. The molecule has 1 aromatic heterocycles. The Bertz CT molecular complexity index is 904. The summed E-state index contributed by atoms with van der Waals surface area (Å²) in [5.41, 5.74) is 0.754. The predicted molar refractivity (Wildman–Crippen MR) is 68.7 cm³/mol. The maximum atomic E-state index is 13.7. The zero-order valence-corrected chi connectivity index (χ0v) is 10.8. The third-order valence-corrected chi connectivity index (χ3v) is 4.53. The molecule has 4 nitrogen and oxygen atoms in total. The van der Waals surface area contributed by atoms with Crippen molar-refractivity contribution < 1.29 is 17.2 Å².